The summed E-state index contributed by atoms with van der Waals surface area (Å²) in [5.74, 6) is 1.86. The molecule has 1 heterocycles. The van der Waals surface area contributed by atoms with Crippen molar-refractivity contribution < 1.29 is 14.9 Å². The smallest absolute Gasteiger partial charge is 0.198 e. The number of allylic oxidation sites excluding steroid dienone is 1. The third-order valence-corrected chi connectivity index (χ3v) is 5.53. The molecule has 3 heteroatoms. The van der Waals surface area contributed by atoms with Crippen LogP contribution in [0.3, 0.4) is 0 Å². The highest BCUT2D eigenvalue weighted by molar-refractivity contribution is 5.03. The average Bonchev–Trinajstić information content (AvgIpc) is 2.66. The normalized spacial score (nSPS) is 50.2. The maximum atomic E-state index is 9.17. The zero-order valence-electron chi connectivity index (χ0n) is 12.0. The van der Waals surface area contributed by atoms with Crippen LogP contribution in [0.4, 0.5) is 0 Å². The molecule has 3 rings (SSSR count). The minimum absolute atomic E-state index is 0.0555. The first-order valence-electron chi connectivity index (χ1n) is 7.70. The lowest BCUT2D eigenvalue weighted by Crippen LogP contribution is -2.40. The predicted molar refractivity (Wildman–Crippen MR) is 72.1 cm³/mol. The van der Waals surface area contributed by atoms with Crippen molar-refractivity contribution >= 4 is 0 Å². The molecular formula is C16H25O3-. The van der Waals surface area contributed by atoms with Gasteiger partial charge in [0.05, 0.1) is 6.10 Å². The first-order valence-corrected chi connectivity index (χ1v) is 7.70. The highest BCUT2D eigenvalue weighted by Crippen LogP contribution is 2.49. The molecule has 0 aromatic heterocycles. The van der Waals surface area contributed by atoms with Crippen LogP contribution in [-0.2, 0) is 9.62 Å². The van der Waals surface area contributed by atoms with Gasteiger partial charge in [0, 0.05) is 6.42 Å². The van der Waals surface area contributed by atoms with E-state index in [1.54, 1.807) is 0 Å². The van der Waals surface area contributed by atoms with Gasteiger partial charge in [0.15, 0.2) is 5.79 Å². The summed E-state index contributed by atoms with van der Waals surface area (Å²) in [6, 6.07) is 0. The van der Waals surface area contributed by atoms with Crippen LogP contribution in [0.2, 0.25) is 0 Å². The Morgan fingerprint density at radius 2 is 2.21 bits per heavy atom. The second-order valence-electron chi connectivity index (χ2n) is 6.83. The molecule has 0 aromatic rings. The van der Waals surface area contributed by atoms with Crippen molar-refractivity contribution in [3.8, 4) is 0 Å². The molecule has 1 saturated heterocycles. The molecule has 1 saturated carbocycles. The van der Waals surface area contributed by atoms with Gasteiger partial charge >= 0.3 is 0 Å². The van der Waals surface area contributed by atoms with Gasteiger partial charge < -0.3 is 10.8 Å². The Labute approximate surface area is 115 Å². The lowest BCUT2D eigenvalue weighted by atomic mass is 9.65. The summed E-state index contributed by atoms with van der Waals surface area (Å²) in [6.45, 7) is 4.20. The predicted octanol–water partition coefficient (Wildman–Crippen LogP) is 3.80. The summed E-state index contributed by atoms with van der Waals surface area (Å²) in [7, 11) is 0. The van der Waals surface area contributed by atoms with Gasteiger partial charge in [0.25, 0.3) is 0 Å². The maximum Gasteiger partial charge on any atom is 0.198 e. The summed E-state index contributed by atoms with van der Waals surface area (Å²) >= 11 is 0. The Morgan fingerprint density at radius 3 is 3.00 bits per heavy atom. The van der Waals surface area contributed by atoms with Crippen LogP contribution in [0.1, 0.15) is 52.4 Å². The van der Waals surface area contributed by atoms with Crippen molar-refractivity contribution in [2.45, 2.75) is 64.3 Å². The molecular weight excluding hydrogens is 240 g/mol. The van der Waals surface area contributed by atoms with E-state index in [9.17, 15) is 0 Å². The molecule has 1 N–H and O–H groups in total. The van der Waals surface area contributed by atoms with Gasteiger partial charge in [-0.2, -0.15) is 6.42 Å². The van der Waals surface area contributed by atoms with E-state index in [0.29, 0.717) is 17.8 Å². The topological polar surface area (TPSA) is 38.7 Å². The third kappa shape index (κ3) is 2.48. The minimum Gasteiger partial charge on any atom is -0.498 e. The number of hydrogen-bond donors (Lipinski definition) is 1. The highest BCUT2D eigenvalue weighted by Gasteiger charge is 2.45. The van der Waals surface area contributed by atoms with Crippen LogP contribution in [-0.4, -0.2) is 17.1 Å². The van der Waals surface area contributed by atoms with E-state index in [4.69, 9.17) is 9.99 Å². The van der Waals surface area contributed by atoms with Crippen molar-refractivity contribution in [3.05, 3.63) is 12.2 Å². The molecule has 0 aromatic carbocycles. The molecule has 0 radical (unpaired) electrons. The van der Waals surface area contributed by atoms with Gasteiger partial charge in [0.1, 0.15) is 0 Å². The second-order valence-corrected chi connectivity index (χ2v) is 6.83. The largest absolute Gasteiger partial charge is 0.498 e. The van der Waals surface area contributed by atoms with Crippen LogP contribution in [0.5, 0.6) is 0 Å². The fourth-order valence-corrected chi connectivity index (χ4v) is 4.47. The van der Waals surface area contributed by atoms with Crippen molar-refractivity contribution in [1.29, 1.82) is 0 Å². The second kappa shape index (κ2) is 5.19. The molecule has 0 bridgehead atoms. The van der Waals surface area contributed by atoms with E-state index in [-0.39, 0.29) is 6.10 Å². The third-order valence-electron chi connectivity index (χ3n) is 5.53. The van der Waals surface area contributed by atoms with Crippen LogP contribution in [0.15, 0.2) is 6.08 Å². The van der Waals surface area contributed by atoms with Crippen LogP contribution >= 0.6 is 0 Å². The van der Waals surface area contributed by atoms with Crippen LogP contribution in [0.25, 0.3) is 0 Å². The lowest BCUT2D eigenvalue weighted by molar-refractivity contribution is -0.405. The standard InChI is InChI=1S/C16H25O3/c1-11-5-3-8-14-15-12(6-4-7-13(11)15)9-10-16(2,18-14)19-17/h8,11-15,17H,4-7,9-10H2,1-2H3/q-1/t11-,12+,13-,14+,15?,16+/m0/s1. The van der Waals surface area contributed by atoms with Crippen LogP contribution in [0, 0.1) is 29.7 Å². The van der Waals surface area contributed by atoms with Gasteiger partial charge in [-0.05, 0) is 37.5 Å². The number of rotatable bonds is 1. The fraction of sp³-hybridized carbons (Fsp3) is 0.875. The van der Waals surface area contributed by atoms with Crippen molar-refractivity contribution in [2.75, 3.05) is 0 Å². The molecule has 2 aliphatic carbocycles. The average molecular weight is 265 g/mol. The molecule has 1 unspecified atom stereocenters. The van der Waals surface area contributed by atoms with Crippen molar-refractivity contribution in [2.24, 2.45) is 23.7 Å². The monoisotopic (exact) mass is 265 g/mol. The van der Waals surface area contributed by atoms with Gasteiger partial charge in [0.2, 0.25) is 0 Å². The van der Waals surface area contributed by atoms with Gasteiger partial charge in [-0.1, -0.05) is 25.7 Å². The Morgan fingerprint density at radius 1 is 1.37 bits per heavy atom. The van der Waals surface area contributed by atoms with Gasteiger partial charge in [-0.25, -0.2) is 16.2 Å². The van der Waals surface area contributed by atoms with E-state index in [1.807, 2.05) is 6.92 Å². The van der Waals surface area contributed by atoms with E-state index >= 15 is 0 Å². The van der Waals surface area contributed by atoms with Crippen LogP contribution < -0.4 is 0 Å². The zero-order chi connectivity index (χ0) is 13.5. The quantitative estimate of drug-likeness (QED) is 0.445. The van der Waals surface area contributed by atoms with Crippen molar-refractivity contribution in [3.63, 3.8) is 0 Å². The Balaban J connectivity index is 1.92. The lowest BCUT2D eigenvalue weighted by Gasteiger charge is -2.43. The molecule has 0 spiro atoms. The maximum absolute atomic E-state index is 9.17. The Bertz CT molecular complexity index is 354. The summed E-state index contributed by atoms with van der Waals surface area (Å²) in [5.41, 5.74) is 0. The Hall–Kier alpha value is -0.380. The minimum atomic E-state index is -0.849. The molecule has 19 heavy (non-hydrogen) atoms. The number of hydrogen-bond acceptors (Lipinski definition) is 3. The highest BCUT2D eigenvalue weighted by atomic mass is 17.1. The summed E-state index contributed by atoms with van der Waals surface area (Å²) in [6.07, 6.45) is 12.4. The first kappa shape index (κ1) is 13.6. The summed E-state index contributed by atoms with van der Waals surface area (Å²) < 4.78 is 6.13. The van der Waals surface area contributed by atoms with Gasteiger partial charge in [-0.3, -0.25) is 0 Å². The van der Waals surface area contributed by atoms with E-state index in [0.717, 1.165) is 25.2 Å². The van der Waals surface area contributed by atoms with E-state index in [2.05, 4.69) is 24.0 Å². The van der Waals surface area contributed by atoms with E-state index < -0.39 is 5.79 Å². The fourth-order valence-electron chi connectivity index (χ4n) is 4.47. The summed E-state index contributed by atoms with van der Waals surface area (Å²) in [4.78, 5) is 4.65. The molecule has 2 fully saturated rings. The molecule has 3 aliphatic rings. The van der Waals surface area contributed by atoms with E-state index in [1.165, 1.54) is 19.3 Å². The molecule has 0 amide bonds. The zero-order valence-corrected chi connectivity index (χ0v) is 12.0. The molecule has 3 nitrogen and oxygen atoms in total. The van der Waals surface area contributed by atoms with Crippen molar-refractivity contribution in [1.82, 2.24) is 0 Å². The molecule has 1 aliphatic heterocycles. The molecule has 6 atom stereocenters. The van der Waals surface area contributed by atoms with Gasteiger partial charge in [-0.15, -0.1) is 0 Å². The first-order chi connectivity index (χ1) is 9.13. The SMILES string of the molecule is C[C@H]1C[C-]=C[C@H]2O[C@](C)(OO)CC[C@H]3CCC[C@@H]1C32. The number of ether oxygens (including phenoxy) is 1. The molecule has 108 valence electrons. The Kier molecular flexibility index (Phi) is 3.71. The summed E-state index contributed by atoms with van der Waals surface area (Å²) in [5, 5.41) is 9.17.